The molecule has 228 valence electrons. The van der Waals surface area contributed by atoms with Gasteiger partial charge in [0.2, 0.25) is 0 Å². The molecule has 0 atom stereocenters. The van der Waals surface area contributed by atoms with Crippen LogP contribution in [-0.4, -0.2) is 33.7 Å². The van der Waals surface area contributed by atoms with Gasteiger partial charge in [-0.3, -0.25) is 9.59 Å². The minimum absolute atomic E-state index is 0.0819. The number of carboxylic acids is 2. The lowest BCUT2D eigenvalue weighted by atomic mass is 9.81. The maximum Gasteiger partial charge on any atom is 0.336 e. The van der Waals surface area contributed by atoms with Crippen LogP contribution in [0, 0.1) is 13.8 Å². The van der Waals surface area contributed by atoms with Crippen LogP contribution in [0.5, 0.6) is 0 Å². The molecular weight excluding hydrogens is 552 g/mol. The normalized spacial score (nSPS) is 11.1. The largest absolute Gasteiger partial charge is 0.478 e. The van der Waals surface area contributed by atoms with E-state index in [1.807, 2.05) is 38.1 Å². The maximum absolute atomic E-state index is 14.0. The van der Waals surface area contributed by atoms with Gasteiger partial charge >= 0.3 is 11.9 Å². The van der Waals surface area contributed by atoms with E-state index < -0.39 is 23.5 Å². The lowest BCUT2D eigenvalue weighted by molar-refractivity contribution is 0.0683. The molecular formula is C38H40O6. The Morgan fingerprint density at radius 1 is 0.545 bits per heavy atom. The van der Waals surface area contributed by atoms with Crippen molar-refractivity contribution in [3.05, 3.63) is 116 Å². The van der Waals surface area contributed by atoms with Crippen molar-refractivity contribution in [1.29, 1.82) is 0 Å². The Kier molecular flexibility index (Phi) is 10.5. The molecule has 4 aromatic rings. The first-order valence-corrected chi connectivity index (χ1v) is 15.4. The predicted molar refractivity (Wildman–Crippen MR) is 174 cm³/mol. The second-order valence-corrected chi connectivity index (χ2v) is 11.6. The van der Waals surface area contributed by atoms with Gasteiger partial charge in [-0.1, -0.05) is 99.2 Å². The average molecular weight is 593 g/mol. The first kappa shape index (κ1) is 32.3. The minimum atomic E-state index is -1.24. The van der Waals surface area contributed by atoms with Gasteiger partial charge in [-0.2, -0.15) is 0 Å². The lowest BCUT2D eigenvalue weighted by Gasteiger charge is -2.21. The first-order chi connectivity index (χ1) is 21.1. The molecule has 0 aliphatic carbocycles. The van der Waals surface area contributed by atoms with Crippen molar-refractivity contribution in [3.63, 3.8) is 0 Å². The summed E-state index contributed by atoms with van der Waals surface area (Å²) in [5, 5.41) is 22.0. The summed E-state index contributed by atoms with van der Waals surface area (Å²) in [5.74, 6) is -3.32. The average Bonchev–Trinajstić information content (AvgIpc) is 3.00. The first-order valence-electron chi connectivity index (χ1n) is 15.4. The molecule has 4 rings (SSSR count). The Hall–Kier alpha value is -4.58. The standard InChI is InChI=1S/C38H40O6/c1-5-7-9-11-27-29-21-32(38(43)44)34(36(40)26-19-15-24(4)16-20-26)28(12-10-8-6-2)30(29)22-31(37(41)42)33(27)35(39)25-17-13-23(3)14-18-25/h13-22H,5-12H2,1-4H3,(H,41,42)(H,43,44). The molecule has 0 fully saturated rings. The Balaban J connectivity index is 2.14. The van der Waals surface area contributed by atoms with Crippen LogP contribution in [0.2, 0.25) is 0 Å². The van der Waals surface area contributed by atoms with Crippen LogP contribution in [0.15, 0.2) is 60.7 Å². The fourth-order valence-corrected chi connectivity index (χ4v) is 5.86. The van der Waals surface area contributed by atoms with E-state index >= 15 is 0 Å². The molecule has 0 aliphatic heterocycles. The van der Waals surface area contributed by atoms with Crippen molar-refractivity contribution in [2.75, 3.05) is 0 Å². The molecule has 0 radical (unpaired) electrons. The smallest absolute Gasteiger partial charge is 0.336 e. The molecule has 0 unspecified atom stereocenters. The summed E-state index contributed by atoms with van der Waals surface area (Å²) in [5.41, 5.74) is 3.60. The van der Waals surface area contributed by atoms with E-state index in [-0.39, 0.29) is 22.3 Å². The summed E-state index contributed by atoms with van der Waals surface area (Å²) >= 11 is 0. The summed E-state index contributed by atoms with van der Waals surface area (Å²) in [6, 6.07) is 17.0. The molecule has 4 aromatic carbocycles. The molecule has 2 N–H and O–H groups in total. The van der Waals surface area contributed by atoms with Crippen molar-refractivity contribution in [2.24, 2.45) is 0 Å². The summed E-state index contributed by atoms with van der Waals surface area (Å²) in [6.45, 7) is 7.93. The van der Waals surface area contributed by atoms with Crippen LogP contribution >= 0.6 is 0 Å². The number of hydrogen-bond donors (Lipinski definition) is 2. The molecule has 0 heterocycles. The van der Waals surface area contributed by atoms with Crippen molar-refractivity contribution in [2.45, 2.75) is 79.1 Å². The lowest BCUT2D eigenvalue weighted by Crippen LogP contribution is -2.18. The zero-order chi connectivity index (χ0) is 32.0. The molecule has 0 spiro atoms. The number of rotatable bonds is 14. The number of carbonyl (C=O) groups is 4. The summed E-state index contributed by atoms with van der Waals surface area (Å²) < 4.78 is 0. The van der Waals surface area contributed by atoms with Gasteiger partial charge in [-0.25, -0.2) is 9.59 Å². The number of aryl methyl sites for hydroxylation is 4. The number of benzene rings is 4. The van der Waals surface area contributed by atoms with Crippen LogP contribution in [0.3, 0.4) is 0 Å². The second-order valence-electron chi connectivity index (χ2n) is 11.6. The van der Waals surface area contributed by atoms with E-state index in [0.29, 0.717) is 58.7 Å². The molecule has 0 aromatic heterocycles. The van der Waals surface area contributed by atoms with Gasteiger partial charge in [0.15, 0.2) is 11.6 Å². The molecule has 6 nitrogen and oxygen atoms in total. The minimum Gasteiger partial charge on any atom is -0.478 e. The third-order valence-electron chi connectivity index (χ3n) is 8.26. The van der Waals surface area contributed by atoms with E-state index in [0.717, 1.165) is 36.8 Å². The van der Waals surface area contributed by atoms with Gasteiger partial charge < -0.3 is 10.2 Å². The number of ketones is 2. The zero-order valence-electron chi connectivity index (χ0n) is 26.0. The van der Waals surface area contributed by atoms with Gasteiger partial charge in [0.1, 0.15) is 0 Å². The monoisotopic (exact) mass is 592 g/mol. The highest BCUT2D eigenvalue weighted by Gasteiger charge is 2.30. The summed E-state index contributed by atoms with van der Waals surface area (Å²) in [7, 11) is 0. The summed E-state index contributed by atoms with van der Waals surface area (Å²) in [4.78, 5) is 53.8. The number of aromatic carboxylic acids is 2. The van der Waals surface area contributed by atoms with Crippen LogP contribution in [-0.2, 0) is 12.8 Å². The van der Waals surface area contributed by atoms with Gasteiger partial charge in [-0.15, -0.1) is 0 Å². The third kappa shape index (κ3) is 6.80. The Morgan fingerprint density at radius 3 is 1.18 bits per heavy atom. The van der Waals surface area contributed by atoms with Crippen molar-refractivity contribution < 1.29 is 29.4 Å². The number of unbranched alkanes of at least 4 members (excludes halogenated alkanes) is 4. The van der Waals surface area contributed by atoms with Crippen molar-refractivity contribution >= 4 is 34.3 Å². The highest BCUT2D eigenvalue weighted by molar-refractivity contribution is 6.21. The van der Waals surface area contributed by atoms with Crippen LogP contribution in [0.25, 0.3) is 10.8 Å². The SMILES string of the molecule is CCCCCc1c(C(=O)c2ccc(C)cc2)c(C(=O)O)cc2c(CCCCC)c(C(=O)c3ccc(C)cc3)c(C(=O)O)cc12. The molecule has 0 amide bonds. The highest BCUT2D eigenvalue weighted by atomic mass is 16.4. The molecule has 0 saturated carbocycles. The van der Waals surface area contributed by atoms with Crippen molar-refractivity contribution in [3.8, 4) is 0 Å². The van der Waals surface area contributed by atoms with Crippen LogP contribution in [0.4, 0.5) is 0 Å². The zero-order valence-corrected chi connectivity index (χ0v) is 26.0. The van der Waals surface area contributed by atoms with Crippen LogP contribution < -0.4 is 0 Å². The molecule has 6 heteroatoms. The summed E-state index contributed by atoms with van der Waals surface area (Å²) in [6.07, 6.45) is 5.73. The van der Waals surface area contributed by atoms with E-state index in [1.165, 1.54) is 12.1 Å². The topological polar surface area (TPSA) is 109 Å². The van der Waals surface area contributed by atoms with Crippen molar-refractivity contribution in [1.82, 2.24) is 0 Å². The van der Waals surface area contributed by atoms with Gasteiger partial charge in [-0.05, 0) is 73.6 Å². The molecule has 0 bridgehead atoms. The third-order valence-corrected chi connectivity index (χ3v) is 8.26. The Bertz CT molecular complexity index is 1580. The van der Waals surface area contributed by atoms with E-state index in [2.05, 4.69) is 13.8 Å². The second kappa shape index (κ2) is 14.3. The number of hydrogen-bond acceptors (Lipinski definition) is 4. The van der Waals surface area contributed by atoms with E-state index in [4.69, 9.17) is 0 Å². The molecule has 0 saturated heterocycles. The number of carboxylic acid groups (broad SMARTS) is 2. The number of carbonyl (C=O) groups excluding carboxylic acids is 2. The number of fused-ring (bicyclic) bond motifs is 1. The Labute approximate surface area is 258 Å². The molecule has 44 heavy (non-hydrogen) atoms. The van der Waals surface area contributed by atoms with E-state index in [9.17, 15) is 29.4 Å². The quantitative estimate of drug-likeness (QED) is 0.112. The maximum atomic E-state index is 14.0. The van der Waals surface area contributed by atoms with Gasteiger partial charge in [0, 0.05) is 22.3 Å². The van der Waals surface area contributed by atoms with E-state index in [1.54, 1.807) is 24.3 Å². The highest BCUT2D eigenvalue weighted by Crippen LogP contribution is 2.37. The van der Waals surface area contributed by atoms with Gasteiger partial charge in [0.05, 0.1) is 11.1 Å². The fourth-order valence-electron chi connectivity index (χ4n) is 5.86. The Morgan fingerprint density at radius 2 is 0.886 bits per heavy atom. The van der Waals surface area contributed by atoms with Crippen LogP contribution in [0.1, 0.15) is 127 Å². The predicted octanol–water partition coefficient (Wildman–Crippen LogP) is 8.78. The fraction of sp³-hybridized carbons (Fsp3) is 0.316. The van der Waals surface area contributed by atoms with Gasteiger partial charge in [0.25, 0.3) is 0 Å². The molecule has 0 aliphatic rings.